The van der Waals surface area contributed by atoms with E-state index in [9.17, 15) is 0 Å². The molecule has 106 valence electrons. The van der Waals surface area contributed by atoms with Gasteiger partial charge in [-0.05, 0) is 24.2 Å². The number of aromatic nitrogens is 2. The molecule has 2 aromatic rings. The molecule has 0 unspecified atom stereocenters. The summed E-state index contributed by atoms with van der Waals surface area (Å²) in [5.74, 6) is 0.883. The fraction of sp³-hybridized carbons (Fsp3) is 0.333. The molecule has 1 heterocycles. The summed E-state index contributed by atoms with van der Waals surface area (Å²) in [7, 11) is 2.02. The van der Waals surface area contributed by atoms with E-state index in [2.05, 4.69) is 55.2 Å². The summed E-state index contributed by atoms with van der Waals surface area (Å²) in [6.07, 6.45) is 3.65. The number of halogens is 1. The Bertz CT molecular complexity index is 525. The van der Waals surface area contributed by atoms with Crippen LogP contribution in [0.5, 0.6) is 0 Å². The van der Waals surface area contributed by atoms with Gasteiger partial charge in [0.2, 0.25) is 0 Å². The number of nitrogens with zero attached hydrogens (tertiary/aromatic N) is 3. The smallest absolute Gasteiger partial charge is 0.147 e. The average molecular weight is 335 g/mol. The van der Waals surface area contributed by atoms with E-state index in [1.165, 1.54) is 5.56 Å². The average Bonchev–Trinajstić information content (AvgIpc) is 2.48. The van der Waals surface area contributed by atoms with Gasteiger partial charge in [0.05, 0.1) is 18.1 Å². The van der Waals surface area contributed by atoms with Crippen LogP contribution in [0, 0.1) is 0 Å². The van der Waals surface area contributed by atoms with E-state index in [0.717, 1.165) is 35.6 Å². The molecule has 5 heteroatoms. The summed E-state index contributed by atoms with van der Waals surface area (Å²) in [4.78, 5) is 11.0. The van der Waals surface area contributed by atoms with Crippen LogP contribution in [0.15, 0.2) is 41.1 Å². The standard InChI is InChI=1S/C15H19BrN4/c1-3-17-8-14-9-19-15(10-18-14)20(2)11-12-4-6-13(16)7-5-12/h4-7,9-10,17H,3,8,11H2,1-2H3. The topological polar surface area (TPSA) is 41.1 Å². The second-order valence-electron chi connectivity index (χ2n) is 4.63. The highest BCUT2D eigenvalue weighted by atomic mass is 79.9. The second kappa shape index (κ2) is 7.36. The molecule has 0 atom stereocenters. The van der Waals surface area contributed by atoms with E-state index < -0.39 is 0 Å². The third-order valence-electron chi connectivity index (χ3n) is 2.97. The highest BCUT2D eigenvalue weighted by molar-refractivity contribution is 9.10. The Hall–Kier alpha value is -1.46. The molecule has 20 heavy (non-hydrogen) atoms. The van der Waals surface area contributed by atoms with Crippen molar-refractivity contribution in [2.24, 2.45) is 0 Å². The molecule has 4 nitrogen and oxygen atoms in total. The summed E-state index contributed by atoms with van der Waals surface area (Å²) < 4.78 is 1.09. The molecule has 0 saturated heterocycles. The first kappa shape index (κ1) is 14.9. The van der Waals surface area contributed by atoms with Gasteiger partial charge in [-0.15, -0.1) is 0 Å². The number of anilines is 1. The molecule has 0 aliphatic heterocycles. The molecular formula is C15H19BrN4. The van der Waals surface area contributed by atoms with Crippen molar-refractivity contribution in [3.05, 3.63) is 52.4 Å². The monoisotopic (exact) mass is 334 g/mol. The fourth-order valence-corrected chi connectivity index (χ4v) is 2.10. The largest absolute Gasteiger partial charge is 0.354 e. The van der Waals surface area contributed by atoms with Gasteiger partial charge in [-0.2, -0.15) is 0 Å². The molecule has 0 spiro atoms. The van der Waals surface area contributed by atoms with Gasteiger partial charge < -0.3 is 10.2 Å². The van der Waals surface area contributed by atoms with Crippen molar-refractivity contribution in [3.8, 4) is 0 Å². The van der Waals surface area contributed by atoms with E-state index in [-0.39, 0.29) is 0 Å². The number of nitrogens with one attached hydrogen (secondary N) is 1. The molecule has 0 radical (unpaired) electrons. The first-order valence-electron chi connectivity index (χ1n) is 6.66. The third-order valence-corrected chi connectivity index (χ3v) is 3.50. The first-order valence-corrected chi connectivity index (χ1v) is 7.45. The van der Waals surface area contributed by atoms with Crippen molar-refractivity contribution in [2.75, 3.05) is 18.5 Å². The summed E-state index contributed by atoms with van der Waals surface area (Å²) in [5.41, 5.74) is 2.21. The molecular weight excluding hydrogens is 316 g/mol. The fourth-order valence-electron chi connectivity index (χ4n) is 1.83. The van der Waals surface area contributed by atoms with Gasteiger partial charge >= 0.3 is 0 Å². The van der Waals surface area contributed by atoms with Crippen LogP contribution in [0.4, 0.5) is 5.82 Å². The molecule has 0 aliphatic rings. The van der Waals surface area contributed by atoms with Gasteiger partial charge in [0.1, 0.15) is 5.82 Å². The van der Waals surface area contributed by atoms with Crippen molar-refractivity contribution in [2.45, 2.75) is 20.0 Å². The lowest BCUT2D eigenvalue weighted by atomic mass is 10.2. The number of rotatable bonds is 6. The van der Waals surface area contributed by atoms with Crippen molar-refractivity contribution in [1.82, 2.24) is 15.3 Å². The maximum atomic E-state index is 4.46. The van der Waals surface area contributed by atoms with Crippen molar-refractivity contribution in [1.29, 1.82) is 0 Å². The minimum Gasteiger partial charge on any atom is -0.354 e. The lowest BCUT2D eigenvalue weighted by Gasteiger charge is -2.18. The van der Waals surface area contributed by atoms with E-state index in [1.807, 2.05) is 31.6 Å². The molecule has 0 saturated carbocycles. The van der Waals surface area contributed by atoms with Crippen LogP contribution >= 0.6 is 15.9 Å². The Morgan fingerprint density at radius 1 is 1.15 bits per heavy atom. The van der Waals surface area contributed by atoms with Gasteiger partial charge in [-0.3, -0.25) is 4.98 Å². The molecule has 1 N–H and O–H groups in total. The van der Waals surface area contributed by atoms with Crippen LogP contribution < -0.4 is 10.2 Å². The first-order chi connectivity index (χ1) is 9.69. The molecule has 0 bridgehead atoms. The molecule has 0 aliphatic carbocycles. The van der Waals surface area contributed by atoms with Gasteiger partial charge in [0, 0.05) is 24.6 Å². The Kier molecular flexibility index (Phi) is 5.49. The zero-order chi connectivity index (χ0) is 14.4. The maximum Gasteiger partial charge on any atom is 0.147 e. The molecule has 0 amide bonds. The van der Waals surface area contributed by atoms with Gasteiger partial charge in [-0.25, -0.2) is 4.98 Å². The van der Waals surface area contributed by atoms with E-state index in [1.54, 1.807) is 0 Å². The van der Waals surface area contributed by atoms with Crippen LogP contribution in [0.2, 0.25) is 0 Å². The lowest BCUT2D eigenvalue weighted by Crippen LogP contribution is -2.19. The minimum atomic E-state index is 0.764. The summed E-state index contributed by atoms with van der Waals surface area (Å²) in [6, 6.07) is 8.31. The molecule has 0 fully saturated rings. The molecule has 1 aromatic heterocycles. The van der Waals surface area contributed by atoms with Crippen molar-refractivity contribution < 1.29 is 0 Å². The zero-order valence-corrected chi connectivity index (χ0v) is 13.4. The highest BCUT2D eigenvalue weighted by Gasteiger charge is 2.04. The normalized spacial score (nSPS) is 10.6. The second-order valence-corrected chi connectivity index (χ2v) is 5.54. The lowest BCUT2D eigenvalue weighted by molar-refractivity contribution is 0.706. The molecule has 1 aromatic carbocycles. The Balaban J connectivity index is 1.98. The number of hydrogen-bond acceptors (Lipinski definition) is 4. The van der Waals surface area contributed by atoms with E-state index >= 15 is 0 Å². The summed E-state index contributed by atoms with van der Waals surface area (Å²) >= 11 is 3.44. The Labute approximate surface area is 128 Å². The van der Waals surface area contributed by atoms with Crippen LogP contribution in [0.25, 0.3) is 0 Å². The van der Waals surface area contributed by atoms with Crippen LogP contribution in [-0.2, 0) is 13.1 Å². The minimum absolute atomic E-state index is 0.764. The van der Waals surface area contributed by atoms with Crippen molar-refractivity contribution in [3.63, 3.8) is 0 Å². The summed E-state index contributed by atoms with van der Waals surface area (Å²) in [6.45, 7) is 4.59. The zero-order valence-electron chi connectivity index (χ0n) is 11.8. The molecule has 2 rings (SSSR count). The van der Waals surface area contributed by atoms with E-state index in [0.29, 0.717) is 0 Å². The van der Waals surface area contributed by atoms with Crippen LogP contribution in [-0.4, -0.2) is 23.6 Å². The Morgan fingerprint density at radius 3 is 2.50 bits per heavy atom. The summed E-state index contributed by atoms with van der Waals surface area (Å²) in [5, 5.41) is 3.24. The highest BCUT2D eigenvalue weighted by Crippen LogP contribution is 2.14. The van der Waals surface area contributed by atoms with Gasteiger partial charge in [-0.1, -0.05) is 35.0 Å². The SMILES string of the molecule is CCNCc1cnc(N(C)Cc2ccc(Br)cc2)cn1. The third kappa shape index (κ3) is 4.28. The number of benzene rings is 1. The van der Waals surface area contributed by atoms with Crippen LogP contribution in [0.1, 0.15) is 18.2 Å². The van der Waals surface area contributed by atoms with Crippen LogP contribution in [0.3, 0.4) is 0 Å². The van der Waals surface area contributed by atoms with Crippen molar-refractivity contribution >= 4 is 21.7 Å². The quantitative estimate of drug-likeness (QED) is 0.881. The van der Waals surface area contributed by atoms with Gasteiger partial charge in [0.25, 0.3) is 0 Å². The predicted octanol–water partition coefficient (Wildman–Crippen LogP) is 2.99. The predicted molar refractivity (Wildman–Crippen MR) is 85.7 cm³/mol. The number of hydrogen-bond donors (Lipinski definition) is 1. The Morgan fingerprint density at radius 2 is 1.90 bits per heavy atom. The maximum absolute atomic E-state index is 4.46. The van der Waals surface area contributed by atoms with Gasteiger partial charge in [0.15, 0.2) is 0 Å². The van der Waals surface area contributed by atoms with E-state index in [4.69, 9.17) is 0 Å².